The van der Waals surface area contributed by atoms with E-state index in [1.54, 1.807) is 38.1 Å². The van der Waals surface area contributed by atoms with Crippen LogP contribution in [0.2, 0.25) is 5.02 Å². The first kappa shape index (κ1) is 18.6. The topological polar surface area (TPSA) is 85.2 Å². The molecule has 0 radical (unpaired) electrons. The highest BCUT2D eigenvalue weighted by Crippen LogP contribution is 2.48. The second-order valence-corrected chi connectivity index (χ2v) is 8.62. The van der Waals surface area contributed by atoms with Gasteiger partial charge in [-0.1, -0.05) is 11.6 Å². The molecule has 5 nitrogen and oxygen atoms in total. The van der Waals surface area contributed by atoms with Crippen LogP contribution in [0.3, 0.4) is 0 Å². The number of benzene rings is 2. The number of carbonyl (C=O) groups is 1. The molecule has 1 heterocycles. The Morgan fingerprint density at radius 2 is 2.04 bits per heavy atom. The van der Waals surface area contributed by atoms with Crippen LogP contribution in [0.1, 0.15) is 23.0 Å². The lowest BCUT2D eigenvalue weighted by Gasteiger charge is -2.19. The lowest BCUT2D eigenvalue weighted by atomic mass is 10.2. The zero-order valence-electron chi connectivity index (χ0n) is 14.2. The summed E-state index contributed by atoms with van der Waals surface area (Å²) in [5.74, 6) is -1.33. The summed E-state index contributed by atoms with van der Waals surface area (Å²) in [6.45, 7) is 3.45. The minimum absolute atomic E-state index is 0.0408. The van der Waals surface area contributed by atoms with Crippen LogP contribution in [0.5, 0.6) is 0 Å². The third-order valence-corrected chi connectivity index (χ3v) is 6.80. The van der Waals surface area contributed by atoms with Crippen LogP contribution >= 0.6 is 19.0 Å². The van der Waals surface area contributed by atoms with E-state index >= 15 is 0 Å². The van der Waals surface area contributed by atoms with Crippen LogP contribution in [0.15, 0.2) is 36.4 Å². The predicted octanol–water partition coefficient (Wildman–Crippen LogP) is 3.63. The molecule has 0 spiro atoms. The molecule has 0 aliphatic heterocycles. The molecule has 3 N–H and O–H groups in total. The molecule has 0 saturated carbocycles. The van der Waals surface area contributed by atoms with Gasteiger partial charge in [-0.3, -0.25) is 9.36 Å². The minimum atomic E-state index is -3.82. The Hall–Kier alpha value is -2.14. The molecule has 1 aromatic heterocycles. The van der Waals surface area contributed by atoms with Crippen LogP contribution < -0.4 is 16.3 Å². The Morgan fingerprint density at radius 3 is 2.65 bits per heavy atom. The molecule has 136 valence electrons. The fourth-order valence-electron chi connectivity index (χ4n) is 2.97. The summed E-state index contributed by atoms with van der Waals surface area (Å²) in [5, 5.41) is 1.10. The third kappa shape index (κ3) is 3.16. The van der Waals surface area contributed by atoms with Crippen molar-refractivity contribution in [2.45, 2.75) is 13.8 Å². The fourth-order valence-corrected chi connectivity index (χ4v) is 5.67. The van der Waals surface area contributed by atoms with Gasteiger partial charge in [0.05, 0.1) is 11.9 Å². The second-order valence-electron chi connectivity index (χ2n) is 5.86. The molecule has 0 fully saturated rings. The van der Waals surface area contributed by atoms with Crippen molar-refractivity contribution < 1.29 is 18.3 Å². The van der Waals surface area contributed by atoms with E-state index in [2.05, 4.69) is 4.98 Å². The van der Waals surface area contributed by atoms with Gasteiger partial charge in [0.2, 0.25) is 0 Å². The summed E-state index contributed by atoms with van der Waals surface area (Å²) >= 11 is 6.08. The zero-order valence-corrected chi connectivity index (χ0v) is 15.8. The number of primary amides is 1. The van der Waals surface area contributed by atoms with Crippen molar-refractivity contribution in [3.05, 3.63) is 58.5 Å². The summed E-state index contributed by atoms with van der Waals surface area (Å²) in [4.78, 5) is 14.9. The summed E-state index contributed by atoms with van der Waals surface area (Å²) in [6.07, 6.45) is 0. The maximum absolute atomic E-state index is 14.0. The number of aryl methyl sites for hydroxylation is 1. The van der Waals surface area contributed by atoms with Crippen LogP contribution in [0.4, 0.5) is 4.39 Å². The Balaban J connectivity index is 2.42. The highest BCUT2D eigenvalue weighted by molar-refractivity contribution is 7.75. The van der Waals surface area contributed by atoms with Crippen molar-refractivity contribution in [3.8, 4) is 0 Å². The number of nitrogens with two attached hydrogens (primary N) is 1. The number of H-pyrrole nitrogens is 1. The Labute approximate surface area is 154 Å². The van der Waals surface area contributed by atoms with Crippen molar-refractivity contribution in [2.75, 3.05) is 6.61 Å². The number of fused-ring (bicyclic) bond motifs is 1. The van der Waals surface area contributed by atoms with Crippen LogP contribution in [0, 0.1) is 12.7 Å². The number of hydrogen-bond donors (Lipinski definition) is 2. The lowest BCUT2D eigenvalue weighted by Crippen LogP contribution is -2.26. The number of hydrogen-bond acceptors (Lipinski definition) is 3. The first-order valence-corrected chi connectivity index (χ1v) is 9.90. The normalized spacial score (nSPS) is 13.7. The van der Waals surface area contributed by atoms with Gasteiger partial charge in [0.15, 0.2) is 0 Å². The number of amides is 1. The molecule has 8 heteroatoms. The summed E-state index contributed by atoms with van der Waals surface area (Å²) in [7, 11) is -3.82. The monoisotopic (exact) mass is 394 g/mol. The molecule has 2 aromatic carbocycles. The molecule has 26 heavy (non-hydrogen) atoms. The molecule has 1 unspecified atom stereocenters. The van der Waals surface area contributed by atoms with Crippen LogP contribution in [-0.4, -0.2) is 17.5 Å². The largest absolute Gasteiger partial charge is 0.364 e. The molecule has 0 bridgehead atoms. The molecule has 1 amide bonds. The van der Waals surface area contributed by atoms with E-state index in [0.29, 0.717) is 21.5 Å². The Bertz CT molecular complexity index is 1040. The maximum Gasteiger partial charge on any atom is 0.266 e. The standard InChI is InChI=1S/C18H17ClFN2O3P/c1-3-25-26(24,13-7-10(2)6-12(20)9-13)17-14-8-11(19)4-5-15(14)22-16(17)18(21)23/h4-9,22H,3H2,1-2H3,(H2,21,23). The molecule has 0 saturated heterocycles. The van der Waals surface area contributed by atoms with Crippen molar-refractivity contribution >= 4 is 46.4 Å². The smallest absolute Gasteiger partial charge is 0.266 e. The van der Waals surface area contributed by atoms with Crippen LogP contribution in [0.25, 0.3) is 10.9 Å². The number of aromatic amines is 1. The van der Waals surface area contributed by atoms with Gasteiger partial charge in [0.1, 0.15) is 11.5 Å². The van der Waals surface area contributed by atoms with E-state index in [0.717, 1.165) is 6.07 Å². The van der Waals surface area contributed by atoms with Crippen molar-refractivity contribution in [1.29, 1.82) is 0 Å². The molecular formula is C18H17ClFN2O3P. The van der Waals surface area contributed by atoms with Gasteiger partial charge >= 0.3 is 0 Å². The number of aromatic nitrogens is 1. The van der Waals surface area contributed by atoms with Gasteiger partial charge in [-0.25, -0.2) is 4.39 Å². The lowest BCUT2D eigenvalue weighted by molar-refractivity contribution is 0.0997. The van der Waals surface area contributed by atoms with E-state index in [-0.39, 0.29) is 22.9 Å². The number of halogens is 2. The maximum atomic E-state index is 14.0. The van der Waals surface area contributed by atoms with E-state index in [9.17, 15) is 13.8 Å². The molecule has 0 aliphatic carbocycles. The fraction of sp³-hybridized carbons (Fsp3) is 0.167. The average Bonchev–Trinajstić information content (AvgIpc) is 2.93. The van der Waals surface area contributed by atoms with Gasteiger partial charge in [0.25, 0.3) is 13.3 Å². The van der Waals surface area contributed by atoms with Crippen molar-refractivity contribution in [1.82, 2.24) is 4.98 Å². The van der Waals surface area contributed by atoms with Gasteiger partial charge in [-0.15, -0.1) is 0 Å². The van der Waals surface area contributed by atoms with E-state index < -0.39 is 19.1 Å². The first-order chi connectivity index (χ1) is 12.3. The van der Waals surface area contributed by atoms with E-state index in [4.69, 9.17) is 21.9 Å². The quantitative estimate of drug-likeness (QED) is 0.648. The predicted molar refractivity (Wildman–Crippen MR) is 101 cm³/mol. The number of carbonyl (C=O) groups excluding carboxylic acids is 1. The third-order valence-electron chi connectivity index (χ3n) is 3.95. The van der Waals surface area contributed by atoms with Gasteiger partial charge in [0, 0.05) is 21.2 Å². The number of rotatable bonds is 5. The summed E-state index contributed by atoms with van der Waals surface area (Å²) < 4.78 is 33.6. The van der Waals surface area contributed by atoms with E-state index in [1.807, 2.05) is 0 Å². The average molecular weight is 395 g/mol. The van der Waals surface area contributed by atoms with Gasteiger partial charge in [-0.2, -0.15) is 0 Å². The van der Waals surface area contributed by atoms with Gasteiger partial charge in [-0.05, 0) is 55.8 Å². The molecular weight excluding hydrogens is 378 g/mol. The second kappa shape index (κ2) is 6.88. The summed E-state index contributed by atoms with van der Waals surface area (Å²) in [5.41, 5.74) is 6.57. The van der Waals surface area contributed by atoms with E-state index in [1.165, 1.54) is 6.07 Å². The zero-order chi connectivity index (χ0) is 19.1. The Kier molecular flexibility index (Phi) is 4.93. The van der Waals surface area contributed by atoms with Gasteiger partial charge < -0.3 is 15.2 Å². The Morgan fingerprint density at radius 1 is 1.31 bits per heavy atom. The molecule has 3 aromatic rings. The van der Waals surface area contributed by atoms with Crippen molar-refractivity contribution in [3.63, 3.8) is 0 Å². The minimum Gasteiger partial charge on any atom is -0.364 e. The highest BCUT2D eigenvalue weighted by Gasteiger charge is 2.36. The SMILES string of the molecule is CCOP(=O)(c1cc(C)cc(F)c1)c1c(C(N)=O)[nH]c2ccc(Cl)cc12. The first-order valence-electron chi connectivity index (χ1n) is 7.90. The molecule has 1 atom stereocenters. The summed E-state index contributed by atoms with van der Waals surface area (Å²) in [6, 6.07) is 8.91. The van der Waals surface area contributed by atoms with Crippen molar-refractivity contribution in [2.24, 2.45) is 5.73 Å². The molecule has 0 aliphatic rings. The highest BCUT2D eigenvalue weighted by atomic mass is 35.5. The molecule has 3 rings (SSSR count). The number of nitrogens with one attached hydrogen (secondary N) is 1. The van der Waals surface area contributed by atoms with Crippen LogP contribution in [-0.2, 0) is 9.09 Å².